The molecular weight excluding hydrogens is 276 g/mol. The maximum absolute atomic E-state index is 11.9. The van der Waals surface area contributed by atoms with Crippen LogP contribution in [-0.2, 0) is 14.8 Å². The number of rotatable bonds is 5. The van der Waals surface area contributed by atoms with Gasteiger partial charge >= 0.3 is 0 Å². The normalized spacial score (nSPS) is 14.9. The van der Waals surface area contributed by atoms with E-state index in [1.54, 1.807) is 12.1 Å². The van der Waals surface area contributed by atoms with Gasteiger partial charge in [-0.1, -0.05) is 6.07 Å². The highest BCUT2D eigenvalue weighted by molar-refractivity contribution is 7.92. The molecule has 1 aliphatic rings. The second kappa shape index (κ2) is 5.44. The van der Waals surface area contributed by atoms with E-state index in [1.807, 2.05) is 19.9 Å². The van der Waals surface area contributed by atoms with Crippen LogP contribution in [0.3, 0.4) is 0 Å². The molecule has 0 spiro atoms. The third kappa shape index (κ3) is 3.96. The Kier molecular flexibility index (Phi) is 4.04. The second-order valence-corrected chi connectivity index (χ2v) is 7.36. The summed E-state index contributed by atoms with van der Waals surface area (Å²) in [5.74, 6) is -0.253. The number of amides is 1. The van der Waals surface area contributed by atoms with Crippen LogP contribution in [0.15, 0.2) is 18.2 Å². The molecule has 1 aliphatic carbocycles. The Labute approximate surface area is 120 Å². The predicted octanol–water partition coefficient (Wildman–Crippen LogP) is 1.35. The van der Waals surface area contributed by atoms with Crippen molar-refractivity contribution >= 4 is 21.6 Å². The highest BCUT2D eigenvalue weighted by atomic mass is 32.2. The lowest BCUT2D eigenvalue weighted by atomic mass is 10.1. The van der Waals surface area contributed by atoms with Gasteiger partial charge in [-0.05, 0) is 49.9 Å². The van der Waals surface area contributed by atoms with Crippen LogP contribution in [-0.4, -0.2) is 33.2 Å². The van der Waals surface area contributed by atoms with Gasteiger partial charge < -0.3 is 5.32 Å². The summed E-state index contributed by atoms with van der Waals surface area (Å²) < 4.78 is 25.0. The molecule has 1 fully saturated rings. The number of anilines is 1. The maximum atomic E-state index is 11.9. The van der Waals surface area contributed by atoms with Crippen LogP contribution < -0.4 is 9.62 Å². The molecule has 0 aromatic heterocycles. The maximum Gasteiger partial charge on any atom is 0.240 e. The average molecular weight is 296 g/mol. The number of nitrogens with zero attached hydrogens (tertiary/aromatic N) is 1. The molecule has 110 valence electrons. The lowest BCUT2D eigenvalue weighted by Gasteiger charge is -2.22. The van der Waals surface area contributed by atoms with Gasteiger partial charge in [0.1, 0.15) is 6.54 Å². The zero-order valence-corrected chi connectivity index (χ0v) is 12.8. The molecule has 0 saturated heterocycles. The Balaban J connectivity index is 2.24. The minimum absolute atomic E-state index is 0.168. The largest absolute Gasteiger partial charge is 0.352 e. The molecule has 20 heavy (non-hydrogen) atoms. The number of aryl methyl sites for hydroxylation is 2. The highest BCUT2D eigenvalue weighted by Crippen LogP contribution is 2.22. The van der Waals surface area contributed by atoms with E-state index < -0.39 is 10.0 Å². The monoisotopic (exact) mass is 296 g/mol. The van der Waals surface area contributed by atoms with Crippen molar-refractivity contribution < 1.29 is 13.2 Å². The summed E-state index contributed by atoms with van der Waals surface area (Å²) in [6.45, 7) is 3.64. The first-order valence-corrected chi connectivity index (χ1v) is 8.46. The molecule has 0 unspecified atom stereocenters. The van der Waals surface area contributed by atoms with Crippen LogP contribution in [0, 0.1) is 13.8 Å². The first kappa shape index (κ1) is 14.8. The molecule has 1 aromatic rings. The van der Waals surface area contributed by atoms with Gasteiger partial charge in [0.2, 0.25) is 15.9 Å². The van der Waals surface area contributed by atoms with Crippen molar-refractivity contribution in [2.45, 2.75) is 32.7 Å². The van der Waals surface area contributed by atoms with E-state index in [9.17, 15) is 13.2 Å². The summed E-state index contributed by atoms with van der Waals surface area (Å²) in [6, 6.07) is 5.74. The molecule has 0 aliphatic heterocycles. The fourth-order valence-corrected chi connectivity index (χ4v) is 2.97. The van der Waals surface area contributed by atoms with Crippen LogP contribution in [0.25, 0.3) is 0 Å². The van der Waals surface area contributed by atoms with Gasteiger partial charge in [-0.15, -0.1) is 0 Å². The fourth-order valence-electron chi connectivity index (χ4n) is 2.13. The summed E-state index contributed by atoms with van der Waals surface area (Å²) in [6.07, 6.45) is 3.08. The van der Waals surface area contributed by atoms with E-state index >= 15 is 0 Å². The third-order valence-electron chi connectivity index (χ3n) is 3.12. The summed E-state index contributed by atoms with van der Waals surface area (Å²) in [4.78, 5) is 11.9. The first-order valence-electron chi connectivity index (χ1n) is 6.61. The SMILES string of the molecule is Cc1cc(C)cc(N(CC(=O)NC2CC2)S(C)(=O)=O)c1. The third-order valence-corrected chi connectivity index (χ3v) is 4.27. The number of benzene rings is 1. The number of hydrogen-bond acceptors (Lipinski definition) is 3. The van der Waals surface area contributed by atoms with Gasteiger partial charge in [0.05, 0.1) is 11.9 Å². The average Bonchev–Trinajstić information content (AvgIpc) is 3.06. The lowest BCUT2D eigenvalue weighted by molar-refractivity contribution is -0.119. The number of nitrogens with one attached hydrogen (secondary N) is 1. The van der Waals surface area contributed by atoms with Gasteiger partial charge in [0, 0.05) is 6.04 Å². The standard InChI is InChI=1S/C14H20N2O3S/c1-10-6-11(2)8-13(7-10)16(20(3,18)19)9-14(17)15-12-4-5-12/h6-8,12H,4-5,9H2,1-3H3,(H,15,17). The molecule has 0 bridgehead atoms. The zero-order chi connectivity index (χ0) is 14.9. The van der Waals surface area contributed by atoms with Crippen molar-refractivity contribution in [3.05, 3.63) is 29.3 Å². The summed E-state index contributed by atoms with van der Waals surface area (Å²) in [5.41, 5.74) is 2.48. The fraction of sp³-hybridized carbons (Fsp3) is 0.500. The number of hydrogen-bond donors (Lipinski definition) is 1. The molecule has 1 saturated carbocycles. The van der Waals surface area contributed by atoms with E-state index in [0.29, 0.717) is 5.69 Å². The van der Waals surface area contributed by atoms with Crippen molar-refractivity contribution in [3.63, 3.8) is 0 Å². The van der Waals surface area contributed by atoms with Gasteiger partial charge in [-0.2, -0.15) is 0 Å². The summed E-state index contributed by atoms with van der Waals surface area (Å²) >= 11 is 0. The number of sulfonamides is 1. The van der Waals surface area contributed by atoms with E-state index in [-0.39, 0.29) is 18.5 Å². The summed E-state index contributed by atoms with van der Waals surface area (Å²) in [5, 5.41) is 2.81. The smallest absolute Gasteiger partial charge is 0.240 e. The predicted molar refractivity (Wildman–Crippen MR) is 79.3 cm³/mol. The Bertz CT molecular complexity index is 601. The minimum atomic E-state index is -3.49. The molecule has 1 aromatic carbocycles. The van der Waals surface area contributed by atoms with Crippen LogP contribution in [0.1, 0.15) is 24.0 Å². The lowest BCUT2D eigenvalue weighted by Crippen LogP contribution is -2.41. The zero-order valence-electron chi connectivity index (χ0n) is 12.0. The first-order chi connectivity index (χ1) is 9.25. The summed E-state index contributed by atoms with van der Waals surface area (Å²) in [7, 11) is -3.49. The Morgan fingerprint density at radius 2 is 1.80 bits per heavy atom. The van der Waals surface area contributed by atoms with Crippen molar-refractivity contribution in [2.75, 3.05) is 17.1 Å². The van der Waals surface area contributed by atoms with Crippen LogP contribution >= 0.6 is 0 Å². The van der Waals surface area contributed by atoms with E-state index in [2.05, 4.69) is 5.32 Å². The number of carbonyl (C=O) groups is 1. The van der Waals surface area contributed by atoms with E-state index in [4.69, 9.17) is 0 Å². The molecule has 0 heterocycles. The van der Waals surface area contributed by atoms with Crippen LogP contribution in [0.2, 0.25) is 0 Å². The van der Waals surface area contributed by atoms with Crippen LogP contribution in [0.4, 0.5) is 5.69 Å². The van der Waals surface area contributed by atoms with Crippen molar-refractivity contribution in [1.29, 1.82) is 0 Å². The topological polar surface area (TPSA) is 66.5 Å². The Morgan fingerprint density at radius 1 is 1.25 bits per heavy atom. The van der Waals surface area contributed by atoms with Gasteiger partial charge in [-0.3, -0.25) is 9.10 Å². The molecule has 2 rings (SSSR count). The van der Waals surface area contributed by atoms with E-state index in [1.165, 1.54) is 0 Å². The van der Waals surface area contributed by atoms with Gasteiger partial charge in [0.15, 0.2) is 0 Å². The van der Waals surface area contributed by atoms with Gasteiger partial charge in [0.25, 0.3) is 0 Å². The Morgan fingerprint density at radius 3 is 2.25 bits per heavy atom. The van der Waals surface area contributed by atoms with Gasteiger partial charge in [-0.25, -0.2) is 8.42 Å². The van der Waals surface area contributed by atoms with E-state index in [0.717, 1.165) is 34.5 Å². The van der Waals surface area contributed by atoms with Crippen molar-refractivity contribution in [1.82, 2.24) is 5.32 Å². The Hall–Kier alpha value is -1.56. The molecule has 1 amide bonds. The van der Waals surface area contributed by atoms with Crippen molar-refractivity contribution in [3.8, 4) is 0 Å². The molecule has 1 N–H and O–H groups in total. The number of carbonyl (C=O) groups excluding carboxylic acids is 1. The van der Waals surface area contributed by atoms with Crippen molar-refractivity contribution in [2.24, 2.45) is 0 Å². The second-order valence-electron chi connectivity index (χ2n) is 5.46. The minimum Gasteiger partial charge on any atom is -0.352 e. The quantitative estimate of drug-likeness (QED) is 0.892. The molecular formula is C14H20N2O3S. The molecule has 5 nitrogen and oxygen atoms in total. The molecule has 6 heteroatoms. The van der Waals surface area contributed by atoms with Crippen LogP contribution in [0.5, 0.6) is 0 Å². The molecule has 0 radical (unpaired) electrons. The highest BCUT2D eigenvalue weighted by Gasteiger charge is 2.26. The molecule has 0 atom stereocenters.